The first-order chi connectivity index (χ1) is 17.2. The molecule has 35 heavy (non-hydrogen) atoms. The molecule has 0 aliphatic carbocycles. The lowest BCUT2D eigenvalue weighted by molar-refractivity contribution is -0.143. The number of carbonyl (C=O) groups is 1. The zero-order chi connectivity index (χ0) is 25.7. The second kappa shape index (κ2) is 29.4. The maximum Gasteiger partial charge on any atom is 0.305 e. The van der Waals surface area contributed by atoms with Gasteiger partial charge in [-0.05, 0) is 44.4 Å². The zero-order valence-corrected chi connectivity index (χ0v) is 24.4. The molecule has 0 rings (SSSR count). The topological polar surface area (TPSA) is 26.3 Å². The van der Waals surface area contributed by atoms with Gasteiger partial charge in [-0.25, -0.2) is 0 Å². The molecule has 0 saturated heterocycles. The van der Waals surface area contributed by atoms with Gasteiger partial charge in [0.1, 0.15) is 0 Å². The van der Waals surface area contributed by atoms with Crippen molar-refractivity contribution in [2.45, 2.75) is 181 Å². The van der Waals surface area contributed by atoms with Crippen LogP contribution in [0.3, 0.4) is 0 Å². The number of esters is 1. The Morgan fingerprint density at radius 3 is 1.60 bits per heavy atom. The molecule has 0 spiro atoms. The third-order valence-corrected chi connectivity index (χ3v) is 7.44. The largest absolute Gasteiger partial charge is 0.466 e. The molecule has 0 N–H and O–H groups in total. The number of rotatable bonds is 28. The lowest BCUT2D eigenvalue weighted by Gasteiger charge is -2.06. The van der Waals surface area contributed by atoms with Crippen LogP contribution in [-0.4, -0.2) is 12.6 Å². The second-order valence-electron chi connectivity index (χ2n) is 11.0. The number of unbranched alkanes of at least 4 members (excludes halogenated alkanes) is 19. The zero-order valence-electron chi connectivity index (χ0n) is 24.4. The lowest BCUT2D eigenvalue weighted by atomic mass is 10.0. The molecule has 2 nitrogen and oxygen atoms in total. The summed E-state index contributed by atoms with van der Waals surface area (Å²) in [5.41, 5.74) is 0. The minimum atomic E-state index is 0.0139. The van der Waals surface area contributed by atoms with Crippen LogP contribution in [0.1, 0.15) is 181 Å². The van der Waals surface area contributed by atoms with Gasteiger partial charge in [-0.3, -0.25) is 4.79 Å². The molecule has 0 aromatic carbocycles. The Balaban J connectivity index is 3.21. The maximum absolute atomic E-state index is 11.9. The SMILES string of the molecule is CCCCCCCCCCCCCCCCOC(=O)CCCCCCC/C=C\CCCC(C)CC. The number of ether oxygens (including phenoxy) is 1. The minimum Gasteiger partial charge on any atom is -0.466 e. The molecule has 0 radical (unpaired) electrons. The van der Waals surface area contributed by atoms with Gasteiger partial charge in [-0.2, -0.15) is 0 Å². The molecule has 0 bridgehead atoms. The Morgan fingerprint density at radius 2 is 1.06 bits per heavy atom. The van der Waals surface area contributed by atoms with E-state index in [1.54, 1.807) is 0 Å². The van der Waals surface area contributed by atoms with Gasteiger partial charge in [0.25, 0.3) is 0 Å². The first-order valence-corrected chi connectivity index (χ1v) is 16.0. The first-order valence-electron chi connectivity index (χ1n) is 16.0. The van der Waals surface area contributed by atoms with Crippen LogP contribution in [0, 0.1) is 5.92 Å². The van der Waals surface area contributed by atoms with Crippen molar-refractivity contribution in [3.05, 3.63) is 12.2 Å². The molecule has 1 atom stereocenters. The molecule has 0 aromatic rings. The van der Waals surface area contributed by atoms with Crippen LogP contribution in [0.4, 0.5) is 0 Å². The van der Waals surface area contributed by atoms with E-state index in [0.29, 0.717) is 13.0 Å². The Bertz CT molecular complexity index is 442. The predicted octanol–water partition coefficient (Wildman–Crippen LogP) is 11.5. The van der Waals surface area contributed by atoms with E-state index in [0.717, 1.165) is 25.2 Å². The van der Waals surface area contributed by atoms with Gasteiger partial charge in [0, 0.05) is 6.42 Å². The van der Waals surface area contributed by atoms with E-state index in [9.17, 15) is 4.79 Å². The van der Waals surface area contributed by atoms with E-state index >= 15 is 0 Å². The Kier molecular flexibility index (Phi) is 28.8. The summed E-state index contributed by atoms with van der Waals surface area (Å²) >= 11 is 0. The second-order valence-corrected chi connectivity index (χ2v) is 11.0. The molecule has 1 unspecified atom stereocenters. The minimum absolute atomic E-state index is 0.0139. The first kappa shape index (κ1) is 34.2. The van der Waals surface area contributed by atoms with Crippen LogP contribution in [0.5, 0.6) is 0 Å². The highest BCUT2D eigenvalue weighted by atomic mass is 16.5. The molecule has 0 heterocycles. The van der Waals surface area contributed by atoms with E-state index in [2.05, 4.69) is 32.9 Å². The van der Waals surface area contributed by atoms with Crippen molar-refractivity contribution >= 4 is 5.97 Å². The standard InChI is InChI=1S/C33H64O2/c1-4-6-7-8-9-10-11-12-13-16-19-22-25-28-31-35-33(34)30-27-24-21-18-15-14-17-20-23-26-29-32(3)5-2/h17,20,32H,4-16,18-19,21-31H2,1-3H3/b20-17-. The quantitative estimate of drug-likeness (QED) is 0.0616. The fourth-order valence-electron chi connectivity index (χ4n) is 4.64. The van der Waals surface area contributed by atoms with Crippen LogP contribution in [0.15, 0.2) is 12.2 Å². The fourth-order valence-corrected chi connectivity index (χ4v) is 4.64. The van der Waals surface area contributed by atoms with Crippen molar-refractivity contribution < 1.29 is 9.53 Å². The molecular weight excluding hydrogens is 428 g/mol. The highest BCUT2D eigenvalue weighted by molar-refractivity contribution is 5.69. The molecule has 0 aromatic heterocycles. The van der Waals surface area contributed by atoms with E-state index in [1.807, 2.05) is 0 Å². The smallest absolute Gasteiger partial charge is 0.305 e. The van der Waals surface area contributed by atoms with Gasteiger partial charge >= 0.3 is 5.97 Å². The van der Waals surface area contributed by atoms with Gasteiger partial charge in [0.05, 0.1) is 6.61 Å². The van der Waals surface area contributed by atoms with Crippen molar-refractivity contribution in [3.8, 4) is 0 Å². The van der Waals surface area contributed by atoms with Crippen LogP contribution >= 0.6 is 0 Å². The van der Waals surface area contributed by atoms with Crippen LogP contribution in [-0.2, 0) is 9.53 Å². The average Bonchev–Trinajstić information content (AvgIpc) is 2.86. The van der Waals surface area contributed by atoms with Crippen LogP contribution < -0.4 is 0 Å². The third kappa shape index (κ3) is 29.3. The van der Waals surface area contributed by atoms with E-state index in [-0.39, 0.29) is 5.97 Å². The van der Waals surface area contributed by atoms with Crippen molar-refractivity contribution in [1.29, 1.82) is 0 Å². The van der Waals surface area contributed by atoms with Gasteiger partial charge < -0.3 is 4.74 Å². The molecule has 0 aliphatic heterocycles. The molecule has 0 amide bonds. The van der Waals surface area contributed by atoms with Crippen LogP contribution in [0.25, 0.3) is 0 Å². The van der Waals surface area contributed by atoms with Gasteiger partial charge in [0.2, 0.25) is 0 Å². The summed E-state index contributed by atoms with van der Waals surface area (Å²) in [5.74, 6) is 0.893. The predicted molar refractivity (Wildman–Crippen MR) is 156 cm³/mol. The van der Waals surface area contributed by atoms with Gasteiger partial charge in [-0.15, -0.1) is 0 Å². The fraction of sp³-hybridized carbons (Fsp3) is 0.909. The third-order valence-electron chi connectivity index (χ3n) is 7.44. The van der Waals surface area contributed by atoms with E-state index < -0.39 is 0 Å². The lowest BCUT2D eigenvalue weighted by Crippen LogP contribution is -2.05. The summed E-state index contributed by atoms with van der Waals surface area (Å²) in [6.45, 7) is 7.54. The van der Waals surface area contributed by atoms with E-state index in [4.69, 9.17) is 4.74 Å². The molecule has 0 aliphatic rings. The number of hydrogen-bond donors (Lipinski definition) is 0. The Hall–Kier alpha value is -0.790. The molecule has 0 saturated carbocycles. The molecule has 2 heteroatoms. The highest BCUT2D eigenvalue weighted by Gasteiger charge is 2.02. The normalized spacial score (nSPS) is 12.4. The van der Waals surface area contributed by atoms with Crippen molar-refractivity contribution in [2.24, 2.45) is 5.92 Å². The average molecular weight is 493 g/mol. The highest BCUT2D eigenvalue weighted by Crippen LogP contribution is 2.14. The molecule has 0 fully saturated rings. The van der Waals surface area contributed by atoms with Crippen molar-refractivity contribution in [2.75, 3.05) is 6.61 Å². The number of carbonyl (C=O) groups excluding carboxylic acids is 1. The molecular formula is C33H64O2. The summed E-state index contributed by atoms with van der Waals surface area (Å²) in [7, 11) is 0. The maximum atomic E-state index is 11.9. The molecule has 208 valence electrons. The summed E-state index contributed by atoms with van der Waals surface area (Å²) in [4.78, 5) is 11.9. The summed E-state index contributed by atoms with van der Waals surface area (Å²) in [5, 5.41) is 0. The summed E-state index contributed by atoms with van der Waals surface area (Å²) in [6, 6.07) is 0. The van der Waals surface area contributed by atoms with Crippen LogP contribution in [0.2, 0.25) is 0 Å². The number of allylic oxidation sites excluding steroid dienone is 2. The monoisotopic (exact) mass is 492 g/mol. The summed E-state index contributed by atoms with van der Waals surface area (Å²) in [6.07, 6.45) is 36.8. The van der Waals surface area contributed by atoms with Gasteiger partial charge in [-0.1, -0.05) is 148 Å². The van der Waals surface area contributed by atoms with E-state index in [1.165, 1.54) is 135 Å². The number of hydrogen-bond acceptors (Lipinski definition) is 2. The Morgan fingerprint density at radius 1 is 0.600 bits per heavy atom. The van der Waals surface area contributed by atoms with Crippen molar-refractivity contribution in [1.82, 2.24) is 0 Å². The van der Waals surface area contributed by atoms with Gasteiger partial charge in [0.15, 0.2) is 0 Å². The summed E-state index contributed by atoms with van der Waals surface area (Å²) < 4.78 is 5.41. The Labute approximate surface area is 221 Å². The van der Waals surface area contributed by atoms with Crippen molar-refractivity contribution in [3.63, 3.8) is 0 Å².